The fraction of sp³-hybridized carbons (Fsp3) is 0. The average molecular weight is 331 g/mol. The summed E-state index contributed by atoms with van der Waals surface area (Å²) in [5.74, 6) is 0.777. The van der Waals surface area contributed by atoms with Gasteiger partial charge in [-0.05, 0) is 54.2 Å². The summed E-state index contributed by atoms with van der Waals surface area (Å²) >= 11 is 11.2. The van der Waals surface area contributed by atoms with Gasteiger partial charge in [0.15, 0.2) is 5.82 Å². The van der Waals surface area contributed by atoms with Crippen LogP contribution in [-0.2, 0) is 0 Å². The molecule has 5 nitrogen and oxygen atoms in total. The van der Waals surface area contributed by atoms with E-state index in [1.54, 1.807) is 42.6 Å². The Hall–Kier alpha value is -2.44. The molecule has 3 rings (SSSR count). The Kier molecular flexibility index (Phi) is 4.04. The van der Waals surface area contributed by atoms with Gasteiger partial charge in [-0.1, -0.05) is 23.7 Å². The van der Waals surface area contributed by atoms with Crippen molar-refractivity contribution in [2.24, 2.45) is 5.10 Å². The molecule has 110 valence electrons. The van der Waals surface area contributed by atoms with Crippen LogP contribution in [0.3, 0.4) is 0 Å². The third-order valence-corrected chi connectivity index (χ3v) is 3.45. The lowest BCUT2D eigenvalue weighted by Gasteiger charge is -2.01. The predicted molar refractivity (Wildman–Crippen MR) is 89.0 cm³/mol. The van der Waals surface area contributed by atoms with Crippen LogP contribution in [-0.4, -0.2) is 26.2 Å². The number of H-pyrrole nitrogens is 1. The number of aromatic nitrogens is 3. The molecule has 0 spiro atoms. The number of nitrogens with zero attached hydrogens (tertiary/aromatic N) is 3. The Morgan fingerprint density at radius 2 is 2.00 bits per heavy atom. The van der Waals surface area contributed by atoms with Crippen molar-refractivity contribution in [3.63, 3.8) is 0 Å². The Morgan fingerprint density at radius 3 is 2.73 bits per heavy atom. The van der Waals surface area contributed by atoms with E-state index in [-0.39, 0.29) is 5.75 Å². The fourth-order valence-electron chi connectivity index (χ4n) is 1.90. The molecule has 0 saturated carbocycles. The largest absolute Gasteiger partial charge is 0.508 e. The van der Waals surface area contributed by atoms with Crippen LogP contribution < -0.4 is 0 Å². The summed E-state index contributed by atoms with van der Waals surface area (Å²) in [6.07, 6.45) is 1.64. The van der Waals surface area contributed by atoms with Crippen LogP contribution in [0.1, 0.15) is 5.56 Å². The quantitative estimate of drug-likeness (QED) is 0.566. The summed E-state index contributed by atoms with van der Waals surface area (Å²) in [5, 5.41) is 21.1. The zero-order valence-electron chi connectivity index (χ0n) is 11.3. The second kappa shape index (κ2) is 6.13. The standard InChI is InChI=1S/C15H11ClN4OS/c16-12-3-1-2-11(8-12)14-18-19-15(22)20(14)17-9-10-4-6-13(21)7-5-10/h1-9,21H,(H,19,22)/b17-9+. The van der Waals surface area contributed by atoms with Crippen molar-refractivity contribution in [3.8, 4) is 17.1 Å². The van der Waals surface area contributed by atoms with Crippen LogP contribution in [0.4, 0.5) is 0 Å². The minimum Gasteiger partial charge on any atom is -0.508 e. The van der Waals surface area contributed by atoms with Crippen LogP contribution in [0.25, 0.3) is 11.4 Å². The fourth-order valence-corrected chi connectivity index (χ4v) is 2.27. The summed E-state index contributed by atoms with van der Waals surface area (Å²) in [7, 11) is 0. The third kappa shape index (κ3) is 3.08. The Bertz CT molecular complexity index is 883. The number of hydrogen-bond acceptors (Lipinski definition) is 4. The molecule has 2 aromatic carbocycles. The molecule has 0 amide bonds. The third-order valence-electron chi connectivity index (χ3n) is 2.95. The number of aromatic amines is 1. The highest BCUT2D eigenvalue weighted by molar-refractivity contribution is 7.71. The molecule has 1 aromatic heterocycles. The molecule has 0 aliphatic rings. The lowest BCUT2D eigenvalue weighted by atomic mass is 10.2. The van der Waals surface area contributed by atoms with E-state index in [0.29, 0.717) is 15.6 Å². The molecule has 7 heteroatoms. The summed E-state index contributed by atoms with van der Waals surface area (Å²) in [5.41, 5.74) is 1.64. The zero-order chi connectivity index (χ0) is 15.5. The summed E-state index contributed by atoms with van der Waals surface area (Å²) in [6, 6.07) is 14.0. The van der Waals surface area contributed by atoms with Crippen LogP contribution in [0.5, 0.6) is 5.75 Å². The summed E-state index contributed by atoms with van der Waals surface area (Å²) in [6.45, 7) is 0. The van der Waals surface area contributed by atoms with Crippen LogP contribution in [0, 0.1) is 4.77 Å². The normalized spacial score (nSPS) is 11.1. The second-order valence-electron chi connectivity index (χ2n) is 4.51. The monoisotopic (exact) mass is 330 g/mol. The van der Waals surface area contributed by atoms with Crippen LogP contribution in [0.2, 0.25) is 5.02 Å². The topological polar surface area (TPSA) is 66.2 Å². The van der Waals surface area contributed by atoms with Gasteiger partial charge in [-0.2, -0.15) is 14.9 Å². The van der Waals surface area contributed by atoms with Crippen molar-refractivity contribution in [1.82, 2.24) is 14.9 Å². The van der Waals surface area contributed by atoms with Crippen molar-refractivity contribution < 1.29 is 5.11 Å². The van der Waals surface area contributed by atoms with Crippen molar-refractivity contribution in [2.45, 2.75) is 0 Å². The van der Waals surface area contributed by atoms with Crippen molar-refractivity contribution in [2.75, 3.05) is 0 Å². The number of benzene rings is 2. The van der Waals surface area contributed by atoms with Crippen LogP contribution >= 0.6 is 23.8 Å². The number of hydrogen-bond donors (Lipinski definition) is 2. The van der Waals surface area contributed by atoms with E-state index in [0.717, 1.165) is 11.1 Å². The number of nitrogens with one attached hydrogen (secondary N) is 1. The minimum atomic E-state index is 0.205. The molecule has 0 saturated heterocycles. The van der Waals surface area contributed by atoms with Gasteiger partial charge in [0, 0.05) is 10.6 Å². The number of halogens is 1. The van der Waals surface area contributed by atoms with Gasteiger partial charge in [0.05, 0.1) is 6.21 Å². The first-order chi connectivity index (χ1) is 10.6. The van der Waals surface area contributed by atoms with Gasteiger partial charge >= 0.3 is 0 Å². The summed E-state index contributed by atoms with van der Waals surface area (Å²) < 4.78 is 1.90. The first kappa shape index (κ1) is 14.5. The Labute approximate surface area is 136 Å². The first-order valence-electron chi connectivity index (χ1n) is 6.40. The highest BCUT2D eigenvalue weighted by Crippen LogP contribution is 2.21. The van der Waals surface area contributed by atoms with Gasteiger partial charge in [0.25, 0.3) is 0 Å². The highest BCUT2D eigenvalue weighted by Gasteiger charge is 2.08. The molecule has 0 unspecified atom stereocenters. The number of phenolic OH excluding ortho intramolecular Hbond substituents is 1. The lowest BCUT2D eigenvalue weighted by Crippen LogP contribution is -1.95. The van der Waals surface area contributed by atoms with Gasteiger partial charge in [-0.15, -0.1) is 0 Å². The number of rotatable bonds is 3. The molecule has 0 aliphatic carbocycles. The molecule has 3 aromatic rings. The van der Waals surface area contributed by atoms with E-state index >= 15 is 0 Å². The molecule has 1 heterocycles. The van der Waals surface area contributed by atoms with Crippen LogP contribution in [0.15, 0.2) is 53.6 Å². The second-order valence-corrected chi connectivity index (χ2v) is 5.33. The first-order valence-corrected chi connectivity index (χ1v) is 7.19. The van der Waals surface area contributed by atoms with Crippen molar-refractivity contribution in [3.05, 3.63) is 63.9 Å². The minimum absolute atomic E-state index is 0.205. The number of phenols is 1. The maximum Gasteiger partial charge on any atom is 0.216 e. The van der Waals surface area contributed by atoms with Gasteiger partial charge in [0.2, 0.25) is 4.77 Å². The van der Waals surface area contributed by atoms with Crippen molar-refractivity contribution in [1.29, 1.82) is 0 Å². The molecule has 0 fully saturated rings. The smallest absolute Gasteiger partial charge is 0.216 e. The SMILES string of the molecule is Oc1ccc(/C=N/n2c(-c3cccc(Cl)c3)n[nH]c2=S)cc1. The van der Waals surface area contributed by atoms with Gasteiger partial charge in [-0.3, -0.25) is 0 Å². The van der Waals surface area contributed by atoms with Gasteiger partial charge in [0.1, 0.15) is 5.75 Å². The van der Waals surface area contributed by atoms with Gasteiger partial charge < -0.3 is 5.11 Å². The molecule has 0 bridgehead atoms. The maximum absolute atomic E-state index is 9.28. The average Bonchev–Trinajstić information content (AvgIpc) is 2.88. The zero-order valence-corrected chi connectivity index (χ0v) is 12.8. The Balaban J connectivity index is 1.99. The van der Waals surface area contributed by atoms with E-state index in [1.165, 1.54) is 4.68 Å². The van der Waals surface area contributed by atoms with E-state index in [4.69, 9.17) is 23.8 Å². The molecular formula is C15H11ClN4OS. The van der Waals surface area contributed by atoms with E-state index in [1.807, 2.05) is 12.1 Å². The van der Waals surface area contributed by atoms with Crippen molar-refractivity contribution >= 4 is 30.0 Å². The number of aromatic hydroxyl groups is 1. The molecule has 0 radical (unpaired) electrons. The highest BCUT2D eigenvalue weighted by atomic mass is 35.5. The van der Waals surface area contributed by atoms with E-state index < -0.39 is 0 Å². The van der Waals surface area contributed by atoms with Gasteiger partial charge in [-0.25, -0.2) is 5.10 Å². The lowest BCUT2D eigenvalue weighted by molar-refractivity contribution is 0.475. The predicted octanol–water partition coefficient (Wildman–Crippen LogP) is 3.85. The van der Waals surface area contributed by atoms with E-state index in [2.05, 4.69) is 15.3 Å². The molecule has 22 heavy (non-hydrogen) atoms. The molecule has 0 atom stereocenters. The molecule has 2 N–H and O–H groups in total. The molecule has 0 aliphatic heterocycles. The van der Waals surface area contributed by atoms with E-state index in [9.17, 15) is 5.11 Å². The maximum atomic E-state index is 9.28. The molecular weight excluding hydrogens is 320 g/mol. The Morgan fingerprint density at radius 1 is 1.23 bits per heavy atom. The summed E-state index contributed by atoms with van der Waals surface area (Å²) in [4.78, 5) is 0.